The lowest BCUT2D eigenvalue weighted by Gasteiger charge is -2.16. The molecule has 1 aliphatic carbocycles. The highest BCUT2D eigenvalue weighted by Crippen LogP contribution is 2.37. The van der Waals surface area contributed by atoms with Crippen LogP contribution in [0.25, 0.3) is 21.9 Å². The number of ether oxygens (including phenoxy) is 1. The number of hydrogen-bond donors (Lipinski definition) is 3. The van der Waals surface area contributed by atoms with Crippen LogP contribution in [0.5, 0.6) is 5.75 Å². The van der Waals surface area contributed by atoms with Crippen LogP contribution in [0.3, 0.4) is 0 Å². The summed E-state index contributed by atoms with van der Waals surface area (Å²) >= 11 is 3.39. The molecule has 3 aromatic heterocycles. The monoisotopic (exact) mass is 468 g/mol. The van der Waals surface area contributed by atoms with E-state index in [4.69, 9.17) is 16.2 Å². The molecule has 0 aliphatic heterocycles. The molecule has 0 saturated heterocycles. The number of pyridine rings is 1. The third-order valence-corrected chi connectivity index (χ3v) is 6.43. The molecule has 0 amide bonds. The molecule has 5 rings (SSSR count). The third kappa shape index (κ3) is 3.33. The Morgan fingerprint density at radius 3 is 2.87 bits per heavy atom. The van der Waals surface area contributed by atoms with Crippen molar-refractivity contribution in [3.8, 4) is 5.75 Å². The highest BCUT2D eigenvalue weighted by Gasteiger charge is 2.35. The minimum atomic E-state index is -0.447. The normalized spacial score (nSPS) is 21.5. The fourth-order valence-electron chi connectivity index (χ4n) is 4.19. The first kappa shape index (κ1) is 19.1. The number of aromatic nitrogens is 4. The predicted octanol–water partition coefficient (Wildman–Crippen LogP) is 3.30. The average Bonchev–Trinajstić information content (AvgIpc) is 3.31. The van der Waals surface area contributed by atoms with E-state index in [9.17, 15) is 5.11 Å². The van der Waals surface area contributed by atoms with Crippen molar-refractivity contribution >= 4 is 49.5 Å². The number of nitrogens with two attached hydrogens (primary N) is 2. The van der Waals surface area contributed by atoms with Crippen LogP contribution >= 0.6 is 15.9 Å². The van der Waals surface area contributed by atoms with E-state index in [0.29, 0.717) is 30.4 Å². The van der Waals surface area contributed by atoms with Gasteiger partial charge in [-0.2, -0.15) is 0 Å². The minimum Gasteiger partial charge on any atom is -0.493 e. The van der Waals surface area contributed by atoms with Crippen LogP contribution in [0.1, 0.15) is 18.9 Å². The number of aliphatic hydroxyl groups excluding tert-OH is 1. The van der Waals surface area contributed by atoms with Gasteiger partial charge in [0.15, 0.2) is 0 Å². The fraction of sp³-hybridized carbons (Fsp3) is 0.286. The average molecular weight is 469 g/mol. The second-order valence-corrected chi connectivity index (χ2v) is 8.55. The van der Waals surface area contributed by atoms with Gasteiger partial charge in [-0.05, 0) is 53.0 Å². The second kappa shape index (κ2) is 7.41. The standard InChI is InChI=1S/C21H21BrN6O2/c22-16-6-11-1-2-14(8-17(11)27-20(16)24)30-9-12-5-13(7-18(12)29)28-4-3-15-19(23)25-10-26-21(15)28/h1-4,6,8,10,12-13,18,29H,5,7,9H2,(H2,24,27)(H2,23,25,26)/t12?,13?,18-/m0/s1. The van der Waals surface area contributed by atoms with E-state index in [1.807, 2.05) is 36.5 Å². The fourth-order valence-corrected chi connectivity index (χ4v) is 4.53. The minimum absolute atomic E-state index is 0.0188. The highest BCUT2D eigenvalue weighted by atomic mass is 79.9. The summed E-state index contributed by atoms with van der Waals surface area (Å²) in [4.78, 5) is 12.8. The summed E-state index contributed by atoms with van der Waals surface area (Å²) in [5.41, 5.74) is 13.4. The summed E-state index contributed by atoms with van der Waals surface area (Å²) in [5.74, 6) is 1.64. The molecule has 4 aromatic rings. The molecule has 9 heteroatoms. The summed E-state index contributed by atoms with van der Waals surface area (Å²) < 4.78 is 8.86. The zero-order valence-corrected chi connectivity index (χ0v) is 17.7. The van der Waals surface area contributed by atoms with Gasteiger partial charge in [-0.3, -0.25) is 0 Å². The number of fused-ring (bicyclic) bond motifs is 2. The van der Waals surface area contributed by atoms with E-state index in [1.54, 1.807) is 0 Å². The summed E-state index contributed by atoms with van der Waals surface area (Å²) in [6.45, 7) is 0.422. The molecule has 0 bridgehead atoms. The number of halogens is 1. The van der Waals surface area contributed by atoms with Gasteiger partial charge in [-0.25, -0.2) is 15.0 Å². The van der Waals surface area contributed by atoms with Crippen molar-refractivity contribution in [1.82, 2.24) is 19.5 Å². The van der Waals surface area contributed by atoms with Crippen LogP contribution < -0.4 is 16.2 Å². The van der Waals surface area contributed by atoms with Gasteiger partial charge in [0, 0.05) is 29.6 Å². The first-order valence-electron chi connectivity index (χ1n) is 9.73. The molecule has 8 nitrogen and oxygen atoms in total. The number of hydrogen-bond acceptors (Lipinski definition) is 7. The largest absolute Gasteiger partial charge is 0.493 e. The van der Waals surface area contributed by atoms with Crippen molar-refractivity contribution in [3.05, 3.63) is 47.3 Å². The quantitative estimate of drug-likeness (QED) is 0.419. The van der Waals surface area contributed by atoms with E-state index in [-0.39, 0.29) is 12.0 Å². The van der Waals surface area contributed by atoms with E-state index < -0.39 is 6.10 Å². The molecule has 1 aliphatic rings. The van der Waals surface area contributed by atoms with E-state index >= 15 is 0 Å². The van der Waals surface area contributed by atoms with Crippen molar-refractivity contribution in [2.24, 2.45) is 5.92 Å². The number of nitrogens with zero attached hydrogens (tertiary/aromatic N) is 4. The zero-order valence-electron chi connectivity index (χ0n) is 16.1. The molecule has 1 saturated carbocycles. The Kier molecular flexibility index (Phi) is 4.71. The molecule has 30 heavy (non-hydrogen) atoms. The summed E-state index contributed by atoms with van der Waals surface area (Å²) in [5, 5.41) is 12.4. The molecule has 0 radical (unpaired) electrons. The summed E-state index contributed by atoms with van der Waals surface area (Å²) in [6, 6.07) is 9.72. The topological polar surface area (TPSA) is 125 Å². The predicted molar refractivity (Wildman–Crippen MR) is 119 cm³/mol. The molecule has 1 fully saturated rings. The van der Waals surface area contributed by atoms with Gasteiger partial charge in [0.1, 0.15) is 29.4 Å². The summed E-state index contributed by atoms with van der Waals surface area (Å²) in [7, 11) is 0. The van der Waals surface area contributed by atoms with E-state index in [1.165, 1.54) is 6.33 Å². The maximum absolute atomic E-state index is 10.6. The maximum atomic E-state index is 10.6. The SMILES string of the molecule is Nc1nc2cc(OCC3CC(n4ccc5c(N)ncnc54)C[C@@H]3O)ccc2cc1Br. The Morgan fingerprint density at radius 2 is 2.00 bits per heavy atom. The van der Waals surface area contributed by atoms with Crippen LogP contribution in [0.15, 0.2) is 47.3 Å². The molecule has 3 atom stereocenters. The Hall–Kier alpha value is -2.91. The molecule has 3 heterocycles. The number of anilines is 2. The number of rotatable bonds is 4. The van der Waals surface area contributed by atoms with E-state index in [0.717, 1.165) is 32.8 Å². The van der Waals surface area contributed by atoms with Crippen LogP contribution in [0.2, 0.25) is 0 Å². The molecular formula is C21H21BrN6O2. The van der Waals surface area contributed by atoms with E-state index in [2.05, 4.69) is 35.4 Å². The Morgan fingerprint density at radius 1 is 1.13 bits per heavy atom. The van der Waals surface area contributed by atoms with Crippen LogP contribution in [-0.4, -0.2) is 37.3 Å². The van der Waals surface area contributed by atoms with Crippen LogP contribution in [0.4, 0.5) is 11.6 Å². The first-order chi connectivity index (χ1) is 14.5. The number of nitrogen functional groups attached to an aromatic ring is 2. The number of benzene rings is 1. The van der Waals surface area contributed by atoms with Crippen molar-refractivity contribution < 1.29 is 9.84 Å². The van der Waals surface area contributed by atoms with Gasteiger partial charge in [0.25, 0.3) is 0 Å². The lowest BCUT2D eigenvalue weighted by molar-refractivity contribution is 0.0983. The zero-order chi connectivity index (χ0) is 20.8. The molecule has 5 N–H and O–H groups in total. The second-order valence-electron chi connectivity index (χ2n) is 7.69. The van der Waals surface area contributed by atoms with Gasteiger partial charge >= 0.3 is 0 Å². The third-order valence-electron chi connectivity index (χ3n) is 5.80. The van der Waals surface area contributed by atoms with Gasteiger partial charge in [0.2, 0.25) is 0 Å². The lowest BCUT2D eigenvalue weighted by Crippen LogP contribution is -2.20. The molecule has 1 aromatic carbocycles. The lowest BCUT2D eigenvalue weighted by atomic mass is 10.1. The van der Waals surface area contributed by atoms with Gasteiger partial charge in [-0.15, -0.1) is 0 Å². The number of aliphatic hydroxyl groups is 1. The smallest absolute Gasteiger partial charge is 0.145 e. The van der Waals surface area contributed by atoms with Gasteiger partial charge in [0.05, 0.1) is 28.1 Å². The van der Waals surface area contributed by atoms with Crippen molar-refractivity contribution in [3.63, 3.8) is 0 Å². The molecule has 0 spiro atoms. The highest BCUT2D eigenvalue weighted by molar-refractivity contribution is 9.10. The summed E-state index contributed by atoms with van der Waals surface area (Å²) in [6.07, 6.45) is 4.43. The Balaban J connectivity index is 1.31. The molecular weight excluding hydrogens is 448 g/mol. The van der Waals surface area contributed by atoms with Crippen molar-refractivity contribution in [2.45, 2.75) is 25.0 Å². The van der Waals surface area contributed by atoms with Crippen LogP contribution in [-0.2, 0) is 0 Å². The first-order valence-corrected chi connectivity index (χ1v) is 10.5. The van der Waals surface area contributed by atoms with Crippen molar-refractivity contribution in [1.29, 1.82) is 0 Å². The maximum Gasteiger partial charge on any atom is 0.145 e. The Labute approximate surface area is 181 Å². The van der Waals surface area contributed by atoms with Gasteiger partial charge in [-0.1, -0.05) is 0 Å². The van der Waals surface area contributed by atoms with Gasteiger partial charge < -0.3 is 25.9 Å². The Bertz CT molecular complexity index is 1240. The molecule has 154 valence electrons. The van der Waals surface area contributed by atoms with Crippen molar-refractivity contribution in [2.75, 3.05) is 18.1 Å². The van der Waals surface area contributed by atoms with Crippen LogP contribution in [0, 0.1) is 5.92 Å². The molecule has 2 unspecified atom stereocenters.